The molecule has 2 atom stereocenters. The number of hydrogen-bond donors (Lipinski definition) is 2. The summed E-state index contributed by atoms with van der Waals surface area (Å²) in [6.07, 6.45) is 3.27. The van der Waals surface area contributed by atoms with E-state index in [2.05, 4.69) is 0 Å². The number of rotatable bonds is 3. The van der Waals surface area contributed by atoms with Crippen molar-refractivity contribution in [3.05, 3.63) is 24.0 Å². The molecule has 0 aromatic heterocycles. The highest BCUT2D eigenvalue weighted by Gasteiger charge is 2.22. The van der Waals surface area contributed by atoms with Crippen LogP contribution in [0.25, 0.3) is 0 Å². The van der Waals surface area contributed by atoms with Crippen LogP contribution in [0.4, 0.5) is 4.39 Å². The van der Waals surface area contributed by atoms with Crippen molar-refractivity contribution < 1.29 is 17.5 Å². The first kappa shape index (κ1) is 14.2. The minimum atomic E-state index is -3.90. The molecule has 1 aliphatic carbocycles. The smallest absolute Gasteiger partial charge is 0.238 e. The van der Waals surface area contributed by atoms with E-state index in [1.54, 1.807) is 0 Å². The number of benzene rings is 1. The Balaban J connectivity index is 2.13. The Bertz CT molecular complexity index is 562. The van der Waals surface area contributed by atoms with Gasteiger partial charge in [-0.25, -0.2) is 17.9 Å². The summed E-state index contributed by atoms with van der Waals surface area (Å²) in [5.74, 6) is -0.697. The van der Waals surface area contributed by atoms with E-state index in [1.807, 2.05) is 0 Å². The van der Waals surface area contributed by atoms with Crippen LogP contribution in [0.5, 0.6) is 5.75 Å². The van der Waals surface area contributed by atoms with Gasteiger partial charge in [0.15, 0.2) is 11.6 Å². The second-order valence-corrected chi connectivity index (χ2v) is 6.37. The second-order valence-electron chi connectivity index (χ2n) is 4.80. The lowest BCUT2D eigenvalue weighted by Crippen LogP contribution is -2.33. The van der Waals surface area contributed by atoms with Gasteiger partial charge in [0.2, 0.25) is 10.0 Å². The number of halogens is 1. The number of primary sulfonamides is 1. The summed E-state index contributed by atoms with van der Waals surface area (Å²) < 4.78 is 41.5. The number of nitrogens with two attached hydrogens (primary N) is 2. The van der Waals surface area contributed by atoms with Gasteiger partial charge in [-0.1, -0.05) is 0 Å². The molecular formula is C12H17FN2O3S. The largest absolute Gasteiger partial charge is 0.487 e. The third-order valence-electron chi connectivity index (χ3n) is 3.19. The van der Waals surface area contributed by atoms with Gasteiger partial charge in [-0.3, -0.25) is 0 Å². The molecule has 0 amide bonds. The Morgan fingerprint density at radius 2 is 2.05 bits per heavy atom. The number of ether oxygens (including phenoxy) is 1. The molecule has 19 heavy (non-hydrogen) atoms. The fourth-order valence-electron chi connectivity index (χ4n) is 2.22. The van der Waals surface area contributed by atoms with Crippen LogP contribution in [-0.4, -0.2) is 20.6 Å². The predicted octanol–water partition coefficient (Wildman–Crippen LogP) is 1.12. The van der Waals surface area contributed by atoms with Crippen LogP contribution in [0.15, 0.2) is 23.1 Å². The van der Waals surface area contributed by atoms with Gasteiger partial charge in [0, 0.05) is 6.04 Å². The highest BCUT2D eigenvalue weighted by Crippen LogP contribution is 2.26. The summed E-state index contributed by atoms with van der Waals surface area (Å²) in [5, 5.41) is 4.93. The number of hydrogen-bond acceptors (Lipinski definition) is 4. The third-order valence-corrected chi connectivity index (χ3v) is 4.10. The highest BCUT2D eigenvalue weighted by atomic mass is 32.2. The molecule has 0 heterocycles. The van der Waals surface area contributed by atoms with Gasteiger partial charge in [-0.2, -0.15) is 0 Å². The molecule has 0 bridgehead atoms. The van der Waals surface area contributed by atoms with Gasteiger partial charge in [-0.15, -0.1) is 0 Å². The fourth-order valence-corrected chi connectivity index (χ4v) is 2.75. The maximum atomic E-state index is 13.8. The summed E-state index contributed by atoms with van der Waals surface area (Å²) >= 11 is 0. The molecule has 1 fully saturated rings. The summed E-state index contributed by atoms with van der Waals surface area (Å²) in [6.45, 7) is 0. The highest BCUT2D eigenvalue weighted by molar-refractivity contribution is 7.89. The minimum Gasteiger partial charge on any atom is -0.487 e. The first-order valence-electron chi connectivity index (χ1n) is 6.11. The molecule has 0 aliphatic heterocycles. The van der Waals surface area contributed by atoms with Gasteiger partial charge in [0.05, 0.1) is 4.90 Å². The van der Waals surface area contributed by atoms with Crippen molar-refractivity contribution in [3.63, 3.8) is 0 Å². The molecule has 1 aromatic carbocycles. The predicted molar refractivity (Wildman–Crippen MR) is 68.6 cm³/mol. The summed E-state index contributed by atoms with van der Waals surface area (Å²) in [5.41, 5.74) is 5.83. The van der Waals surface area contributed by atoms with Crippen LogP contribution >= 0.6 is 0 Å². The normalized spacial score (nSPS) is 24.2. The molecule has 2 unspecified atom stereocenters. The molecule has 4 N–H and O–H groups in total. The van der Waals surface area contributed by atoms with Crippen LogP contribution in [0.1, 0.15) is 25.7 Å². The van der Waals surface area contributed by atoms with Crippen LogP contribution in [0.2, 0.25) is 0 Å². The first-order valence-corrected chi connectivity index (χ1v) is 7.65. The van der Waals surface area contributed by atoms with Gasteiger partial charge < -0.3 is 10.5 Å². The molecule has 0 radical (unpaired) electrons. The summed E-state index contributed by atoms with van der Waals surface area (Å²) in [4.78, 5) is -0.266. The van der Waals surface area contributed by atoms with E-state index in [-0.39, 0.29) is 22.8 Å². The summed E-state index contributed by atoms with van der Waals surface area (Å²) in [6, 6.07) is 3.46. The molecule has 7 heteroatoms. The van der Waals surface area contributed by atoms with Gasteiger partial charge in [-0.05, 0) is 43.9 Å². The second kappa shape index (κ2) is 5.44. The van der Waals surface area contributed by atoms with E-state index < -0.39 is 15.8 Å². The third kappa shape index (κ3) is 3.65. The Morgan fingerprint density at radius 3 is 2.63 bits per heavy atom. The van der Waals surface area contributed by atoms with E-state index in [4.69, 9.17) is 15.6 Å². The molecule has 2 rings (SSSR count). The Morgan fingerprint density at radius 1 is 1.32 bits per heavy atom. The zero-order chi connectivity index (χ0) is 14.0. The topological polar surface area (TPSA) is 95.4 Å². The molecule has 0 spiro atoms. The zero-order valence-corrected chi connectivity index (χ0v) is 11.2. The number of sulfonamides is 1. The average molecular weight is 288 g/mol. The van der Waals surface area contributed by atoms with Crippen molar-refractivity contribution in [2.24, 2.45) is 10.9 Å². The van der Waals surface area contributed by atoms with Gasteiger partial charge >= 0.3 is 0 Å². The first-order chi connectivity index (χ1) is 8.86. The SMILES string of the molecule is NC1CCCC(Oc2ccc(S(N)(=O)=O)cc2F)C1. The minimum absolute atomic E-state index is 0.0338. The van der Waals surface area contributed by atoms with Gasteiger partial charge in [0.25, 0.3) is 0 Å². The molecule has 1 saturated carbocycles. The van der Waals surface area contributed by atoms with Crippen LogP contribution in [0.3, 0.4) is 0 Å². The van der Waals surface area contributed by atoms with E-state index >= 15 is 0 Å². The Kier molecular flexibility index (Phi) is 4.07. The quantitative estimate of drug-likeness (QED) is 0.871. The molecule has 0 saturated heterocycles. The van der Waals surface area contributed by atoms with Crippen molar-refractivity contribution in [1.29, 1.82) is 0 Å². The van der Waals surface area contributed by atoms with E-state index in [9.17, 15) is 12.8 Å². The monoisotopic (exact) mass is 288 g/mol. The van der Waals surface area contributed by atoms with E-state index in [0.717, 1.165) is 25.3 Å². The van der Waals surface area contributed by atoms with Crippen LogP contribution in [-0.2, 0) is 10.0 Å². The summed E-state index contributed by atoms with van der Waals surface area (Å²) in [7, 11) is -3.90. The van der Waals surface area contributed by atoms with Crippen molar-refractivity contribution in [2.75, 3.05) is 0 Å². The van der Waals surface area contributed by atoms with E-state index in [1.165, 1.54) is 12.1 Å². The fraction of sp³-hybridized carbons (Fsp3) is 0.500. The zero-order valence-electron chi connectivity index (χ0n) is 10.4. The molecule has 106 valence electrons. The Hall–Kier alpha value is -1.18. The van der Waals surface area contributed by atoms with Crippen molar-refractivity contribution in [3.8, 4) is 5.75 Å². The average Bonchev–Trinajstić information content (AvgIpc) is 2.30. The molecule has 1 aromatic rings. The van der Waals surface area contributed by atoms with Crippen LogP contribution < -0.4 is 15.6 Å². The maximum absolute atomic E-state index is 13.8. The van der Waals surface area contributed by atoms with E-state index in [0.29, 0.717) is 6.42 Å². The standard InChI is InChI=1S/C12H17FN2O3S/c13-11-7-10(19(15,16)17)4-5-12(11)18-9-3-1-2-8(14)6-9/h4-5,7-9H,1-3,6,14H2,(H2,15,16,17). The molecule has 1 aliphatic rings. The van der Waals surface area contributed by atoms with Crippen molar-refractivity contribution >= 4 is 10.0 Å². The lowest BCUT2D eigenvalue weighted by Gasteiger charge is -2.27. The lowest BCUT2D eigenvalue weighted by atomic mass is 9.93. The van der Waals surface area contributed by atoms with Crippen LogP contribution in [0, 0.1) is 5.82 Å². The van der Waals surface area contributed by atoms with Crippen molar-refractivity contribution in [1.82, 2.24) is 0 Å². The lowest BCUT2D eigenvalue weighted by molar-refractivity contribution is 0.138. The molecule has 5 nitrogen and oxygen atoms in total. The molecular weight excluding hydrogens is 271 g/mol. The Labute approximate surface area is 111 Å². The van der Waals surface area contributed by atoms with Gasteiger partial charge in [0.1, 0.15) is 6.10 Å². The maximum Gasteiger partial charge on any atom is 0.238 e. The van der Waals surface area contributed by atoms with Crippen molar-refractivity contribution in [2.45, 2.75) is 42.7 Å².